The molecular formula is C59H72N16O8. The quantitative estimate of drug-likeness (QED) is 0.0187. The fourth-order valence-electron chi connectivity index (χ4n) is 10.5. The Hall–Kier alpha value is -9.71. The number of guanidine groups is 2. The number of carbonyl (C=O) groups is 7. The Morgan fingerprint density at radius 2 is 0.964 bits per heavy atom. The molecule has 24 nitrogen and oxygen atoms in total. The lowest BCUT2D eigenvalue weighted by molar-refractivity contribution is -0.143. The summed E-state index contributed by atoms with van der Waals surface area (Å²) in [7, 11) is 0. The van der Waals surface area contributed by atoms with Crippen LogP contribution in [-0.2, 0) is 59.2 Å². The molecule has 0 spiro atoms. The van der Waals surface area contributed by atoms with Crippen LogP contribution in [0, 0.1) is 0 Å². The molecule has 436 valence electrons. The molecule has 0 unspecified atom stereocenters. The Kier molecular flexibility index (Phi) is 20.1. The number of H-pyrrole nitrogens is 3. The van der Waals surface area contributed by atoms with E-state index in [9.17, 15) is 29.1 Å². The number of nitrogens with one attached hydrogen (secondary N) is 8. The second-order valence-corrected chi connectivity index (χ2v) is 20.7. The van der Waals surface area contributed by atoms with Crippen molar-refractivity contribution < 1.29 is 38.7 Å². The first-order chi connectivity index (χ1) is 40.0. The average molecular weight is 1130 g/mol. The first-order valence-corrected chi connectivity index (χ1v) is 27.6. The molecule has 1 fully saturated rings. The number of hydrogen-bond acceptors (Lipinski definition) is 10. The highest BCUT2D eigenvalue weighted by Gasteiger charge is 2.40. The number of carboxylic acids is 1. The summed E-state index contributed by atoms with van der Waals surface area (Å²) in [6, 6.07) is 22.5. The van der Waals surface area contributed by atoms with Crippen molar-refractivity contribution in [1.29, 1.82) is 0 Å². The van der Waals surface area contributed by atoms with Crippen LogP contribution in [0.4, 0.5) is 0 Å². The smallest absolute Gasteiger partial charge is 0.326 e. The second-order valence-electron chi connectivity index (χ2n) is 20.7. The summed E-state index contributed by atoms with van der Waals surface area (Å²) < 4.78 is 0. The van der Waals surface area contributed by atoms with Crippen molar-refractivity contribution >= 4 is 86.0 Å². The number of para-hydroxylation sites is 3. The molecule has 1 aliphatic rings. The molecule has 6 amide bonds. The van der Waals surface area contributed by atoms with Crippen LogP contribution < -0.4 is 55.3 Å². The van der Waals surface area contributed by atoms with Gasteiger partial charge in [0.25, 0.3) is 0 Å². The standard InChI is InChI=1S/C59H72N16O8/c60-41(18-10-24-65-58(61)62)51(76)70-45(22-11-25-66-59(63)64)52(77)73-48(27-34-13-2-1-3-14-34)56(81)75-26-12-23-50(75)55(80)72-47(29-36-32-68-43-20-8-5-16-39(36)43)53(78)71-46(28-35-31-67-42-19-7-4-15-38(35)42)54(79)74-49(57(82)83)30-37-33-69-44-21-9-6-17-40(37)44/h1-9,13-17,19-21,31-33,41,45-50,67-69H,10-12,18,22-30,60H2,(H,70,76)(H,71,78)(H,72,80)(H,73,77)(H,74,79)(H,82,83)(H4,61,62,65)(H4,63,64,66)/t41-,45-,46-,47-,48-,49-,50-/m0/s1. The normalized spacial score (nSPS) is 15.3. The number of nitrogens with two attached hydrogens (primary N) is 5. The molecule has 83 heavy (non-hydrogen) atoms. The van der Waals surface area contributed by atoms with E-state index in [0.29, 0.717) is 35.1 Å². The summed E-state index contributed by atoms with van der Waals surface area (Å²) in [6.07, 6.45) is 6.47. The SMILES string of the molecule is NC(N)=NCCC[C@H](NC(=O)[C@@H](N)CCCN=C(N)N)C(=O)N[C@@H](Cc1ccccc1)C(=O)N1CCC[C@H]1C(=O)N[C@@H](Cc1c[nH]c2ccccc12)C(=O)N[C@@H](Cc1c[nH]c2ccccc12)C(=O)N[C@@H](Cc1c[nH]c2ccccc12)C(=O)O. The van der Waals surface area contributed by atoms with E-state index in [1.54, 1.807) is 48.9 Å². The Balaban J connectivity index is 1.05. The molecule has 0 saturated carbocycles. The van der Waals surface area contributed by atoms with E-state index in [4.69, 9.17) is 28.7 Å². The predicted molar refractivity (Wildman–Crippen MR) is 316 cm³/mol. The van der Waals surface area contributed by atoms with Gasteiger partial charge in [0.2, 0.25) is 35.4 Å². The largest absolute Gasteiger partial charge is 0.480 e. The molecule has 7 aromatic rings. The molecule has 4 heterocycles. The Labute approximate surface area is 478 Å². The van der Waals surface area contributed by atoms with Crippen molar-refractivity contribution in [1.82, 2.24) is 46.4 Å². The van der Waals surface area contributed by atoms with Crippen molar-refractivity contribution in [3.63, 3.8) is 0 Å². The highest BCUT2D eigenvalue weighted by Crippen LogP contribution is 2.25. The van der Waals surface area contributed by atoms with E-state index < -0.39 is 83.7 Å². The summed E-state index contributed by atoms with van der Waals surface area (Å²) in [5, 5.41) is 27.0. The number of nitrogens with zero attached hydrogens (tertiary/aromatic N) is 3. The molecule has 0 radical (unpaired) electrons. The fourth-order valence-corrected chi connectivity index (χ4v) is 10.5. The topological polar surface area (TPSA) is 405 Å². The molecule has 3 aromatic heterocycles. The monoisotopic (exact) mass is 1130 g/mol. The summed E-state index contributed by atoms with van der Waals surface area (Å²) in [6.45, 7) is 0.498. The highest BCUT2D eigenvalue weighted by molar-refractivity contribution is 5.98. The van der Waals surface area contributed by atoms with E-state index >= 15 is 9.59 Å². The summed E-state index contributed by atoms with van der Waals surface area (Å²) in [5.74, 6) is -5.64. The third kappa shape index (κ3) is 15.8. The molecule has 1 aliphatic heterocycles. The molecule has 0 aliphatic carbocycles. The van der Waals surface area contributed by atoms with Gasteiger partial charge in [-0.3, -0.25) is 38.8 Å². The molecule has 7 atom stereocenters. The number of aromatic nitrogens is 3. The number of aliphatic imine (C=N–C) groups is 2. The maximum absolute atomic E-state index is 15.1. The predicted octanol–water partition coefficient (Wildman–Crippen LogP) is 1.34. The molecule has 24 heteroatoms. The van der Waals surface area contributed by atoms with Crippen LogP contribution in [0.15, 0.2) is 132 Å². The highest BCUT2D eigenvalue weighted by atomic mass is 16.4. The van der Waals surface area contributed by atoms with Crippen LogP contribution in [0.25, 0.3) is 32.7 Å². The molecule has 0 bridgehead atoms. The number of aromatic amines is 3. The number of benzene rings is 4. The van der Waals surface area contributed by atoms with Crippen LogP contribution in [0.2, 0.25) is 0 Å². The summed E-state index contributed by atoms with van der Waals surface area (Å²) in [5.41, 5.74) is 33.3. The Morgan fingerprint density at radius 3 is 1.48 bits per heavy atom. The Morgan fingerprint density at radius 1 is 0.530 bits per heavy atom. The Bertz CT molecular complexity index is 3470. The third-order valence-electron chi connectivity index (χ3n) is 14.8. The minimum atomic E-state index is -1.40. The number of rotatable bonds is 28. The van der Waals surface area contributed by atoms with Gasteiger partial charge >= 0.3 is 5.97 Å². The van der Waals surface area contributed by atoms with Crippen molar-refractivity contribution in [2.24, 2.45) is 38.7 Å². The third-order valence-corrected chi connectivity index (χ3v) is 14.8. The minimum absolute atomic E-state index is 0.00518. The van der Waals surface area contributed by atoms with E-state index in [0.717, 1.165) is 32.7 Å². The fraction of sp³-hybridized carbons (Fsp3) is 0.339. The number of likely N-dealkylation sites (tertiary alicyclic amines) is 1. The van der Waals surface area contributed by atoms with Gasteiger partial charge in [0.1, 0.15) is 36.3 Å². The lowest BCUT2D eigenvalue weighted by Gasteiger charge is -2.31. The van der Waals surface area contributed by atoms with E-state index in [-0.39, 0.29) is 82.9 Å². The minimum Gasteiger partial charge on any atom is -0.480 e. The lowest BCUT2D eigenvalue weighted by Crippen LogP contribution is -2.60. The van der Waals surface area contributed by atoms with Gasteiger partial charge in [-0.15, -0.1) is 0 Å². The van der Waals surface area contributed by atoms with Crippen molar-refractivity contribution in [3.8, 4) is 0 Å². The number of fused-ring (bicyclic) bond motifs is 3. The number of aliphatic carboxylic acids is 1. The number of amides is 6. The molecule has 8 rings (SSSR count). The average Bonchev–Trinajstić information content (AvgIpc) is 4.54. The van der Waals surface area contributed by atoms with Crippen LogP contribution in [-0.4, -0.2) is 140 Å². The van der Waals surface area contributed by atoms with Crippen molar-refractivity contribution in [2.75, 3.05) is 19.6 Å². The van der Waals surface area contributed by atoms with Gasteiger partial charge in [-0.2, -0.15) is 0 Å². The number of hydrogen-bond donors (Lipinski definition) is 14. The zero-order valence-corrected chi connectivity index (χ0v) is 45.8. The van der Waals surface area contributed by atoms with Crippen LogP contribution in [0.5, 0.6) is 0 Å². The first-order valence-electron chi connectivity index (χ1n) is 27.6. The molecular weight excluding hydrogens is 1060 g/mol. The van der Waals surface area contributed by atoms with Gasteiger partial charge in [-0.25, -0.2) is 4.79 Å². The molecule has 1 saturated heterocycles. The zero-order valence-electron chi connectivity index (χ0n) is 45.8. The first kappa shape index (κ1) is 59.4. The second kappa shape index (κ2) is 28.1. The van der Waals surface area contributed by atoms with Gasteiger partial charge in [-0.05, 0) is 79.0 Å². The van der Waals surface area contributed by atoms with E-state index in [1.807, 2.05) is 72.8 Å². The van der Waals surface area contributed by atoms with Crippen molar-refractivity contribution in [2.45, 2.75) is 107 Å². The van der Waals surface area contributed by atoms with Gasteiger partial charge < -0.3 is 80.2 Å². The molecule has 19 N–H and O–H groups in total. The van der Waals surface area contributed by atoms with Gasteiger partial charge in [0, 0.05) is 96.6 Å². The van der Waals surface area contributed by atoms with Crippen LogP contribution in [0.3, 0.4) is 0 Å². The zero-order chi connectivity index (χ0) is 59.0. The van der Waals surface area contributed by atoms with Gasteiger partial charge in [0.15, 0.2) is 11.9 Å². The summed E-state index contributed by atoms with van der Waals surface area (Å²) in [4.78, 5) is 119. The van der Waals surface area contributed by atoms with E-state index in [1.165, 1.54) is 4.90 Å². The summed E-state index contributed by atoms with van der Waals surface area (Å²) >= 11 is 0. The van der Waals surface area contributed by atoms with Crippen molar-refractivity contribution in [3.05, 3.63) is 144 Å². The van der Waals surface area contributed by atoms with Gasteiger partial charge in [0.05, 0.1) is 6.04 Å². The number of carboxylic acid groups (broad SMARTS) is 1. The lowest BCUT2D eigenvalue weighted by atomic mass is 10.00. The van der Waals surface area contributed by atoms with Gasteiger partial charge in [-0.1, -0.05) is 84.9 Å². The van der Waals surface area contributed by atoms with E-state index in [2.05, 4.69) is 51.5 Å². The van der Waals surface area contributed by atoms with Crippen LogP contribution >= 0.6 is 0 Å². The van der Waals surface area contributed by atoms with Crippen LogP contribution in [0.1, 0.15) is 60.8 Å². The number of carbonyl (C=O) groups excluding carboxylic acids is 6. The maximum Gasteiger partial charge on any atom is 0.326 e. The maximum atomic E-state index is 15.1. The molecule has 4 aromatic carbocycles.